The molecule has 1 aromatic carbocycles. The molecular weight excluding hydrogens is 227 g/mol. The van der Waals surface area contributed by atoms with Crippen LogP contribution < -0.4 is 4.74 Å². The summed E-state index contributed by atoms with van der Waals surface area (Å²) in [6, 6.07) is 3.48. The van der Waals surface area contributed by atoms with Crippen LogP contribution in [0.4, 0.5) is 4.39 Å². The molecule has 0 aromatic heterocycles. The highest BCUT2D eigenvalue weighted by atomic mass is 19.1. The number of aliphatic hydroxyl groups excluding tert-OH is 1. The van der Waals surface area contributed by atoms with Crippen LogP contribution in [0.2, 0.25) is 0 Å². The second-order valence-electron chi connectivity index (χ2n) is 4.10. The fraction of sp³-hybridized carbons (Fsp3) is 0.417. The van der Waals surface area contributed by atoms with Crippen molar-refractivity contribution in [2.24, 2.45) is 0 Å². The van der Waals surface area contributed by atoms with Crippen LogP contribution in [0.25, 0.3) is 0 Å². The van der Waals surface area contributed by atoms with Gasteiger partial charge in [0.2, 0.25) is 0 Å². The number of aliphatic hydroxyl groups is 1. The molecule has 1 aliphatic carbocycles. The van der Waals surface area contributed by atoms with Gasteiger partial charge in [-0.3, -0.25) is 0 Å². The minimum atomic E-state index is -1.18. The molecule has 0 amide bonds. The monoisotopic (exact) mass is 240 g/mol. The van der Waals surface area contributed by atoms with Crippen LogP contribution in [-0.2, 0) is 0 Å². The molecule has 2 N–H and O–H groups in total. The topological polar surface area (TPSA) is 66.8 Å². The molecule has 1 fully saturated rings. The van der Waals surface area contributed by atoms with Gasteiger partial charge in [0.1, 0.15) is 6.10 Å². The minimum absolute atomic E-state index is 0.0130. The molecule has 0 heterocycles. The number of hydrogen-bond donors (Lipinski definition) is 2. The van der Waals surface area contributed by atoms with Gasteiger partial charge in [-0.2, -0.15) is 0 Å². The average molecular weight is 240 g/mol. The predicted molar refractivity (Wildman–Crippen MR) is 57.6 cm³/mol. The normalized spacial score (nSPS) is 23.6. The van der Waals surface area contributed by atoms with E-state index in [0.29, 0.717) is 12.8 Å². The Bertz CT molecular complexity index is 433. The van der Waals surface area contributed by atoms with Gasteiger partial charge < -0.3 is 14.9 Å². The smallest absolute Gasteiger partial charge is 0.335 e. The Morgan fingerprint density at radius 3 is 2.71 bits per heavy atom. The number of carboxylic acid groups (broad SMARTS) is 1. The van der Waals surface area contributed by atoms with E-state index in [0.717, 1.165) is 12.5 Å². The number of rotatable bonds is 3. The van der Waals surface area contributed by atoms with Crippen LogP contribution in [0, 0.1) is 5.82 Å². The molecule has 1 aromatic rings. The van der Waals surface area contributed by atoms with E-state index < -0.39 is 24.0 Å². The summed E-state index contributed by atoms with van der Waals surface area (Å²) < 4.78 is 18.9. The molecule has 0 aliphatic heterocycles. The quantitative estimate of drug-likeness (QED) is 0.845. The lowest BCUT2D eigenvalue weighted by molar-refractivity contribution is 0.0576. The zero-order valence-corrected chi connectivity index (χ0v) is 9.10. The number of hydrogen-bond acceptors (Lipinski definition) is 3. The second-order valence-corrected chi connectivity index (χ2v) is 4.10. The number of aromatic carboxylic acids is 1. The zero-order chi connectivity index (χ0) is 12.4. The van der Waals surface area contributed by atoms with Crippen LogP contribution in [-0.4, -0.2) is 28.4 Å². The SMILES string of the molecule is O=C(O)c1ccc(OC2CCCC2O)c(F)c1. The Kier molecular flexibility index (Phi) is 3.28. The van der Waals surface area contributed by atoms with Gasteiger partial charge in [-0.05, 0) is 37.5 Å². The van der Waals surface area contributed by atoms with E-state index in [9.17, 15) is 14.3 Å². The molecule has 0 bridgehead atoms. The molecule has 17 heavy (non-hydrogen) atoms. The van der Waals surface area contributed by atoms with Gasteiger partial charge in [-0.15, -0.1) is 0 Å². The van der Waals surface area contributed by atoms with Crippen LogP contribution in [0.3, 0.4) is 0 Å². The summed E-state index contributed by atoms with van der Waals surface area (Å²) in [5, 5.41) is 18.2. The van der Waals surface area contributed by atoms with Crippen molar-refractivity contribution in [3.8, 4) is 5.75 Å². The summed E-state index contributed by atoms with van der Waals surface area (Å²) in [5.74, 6) is -1.92. The molecule has 92 valence electrons. The maximum Gasteiger partial charge on any atom is 0.335 e. The largest absolute Gasteiger partial charge is 0.485 e. The van der Waals surface area contributed by atoms with Gasteiger partial charge in [0.25, 0.3) is 0 Å². The summed E-state index contributed by atoms with van der Waals surface area (Å²) in [6.45, 7) is 0. The third-order valence-electron chi connectivity index (χ3n) is 2.87. The van der Waals surface area contributed by atoms with Crippen LogP contribution in [0.1, 0.15) is 29.6 Å². The highest BCUT2D eigenvalue weighted by molar-refractivity contribution is 5.87. The van der Waals surface area contributed by atoms with Gasteiger partial charge in [0, 0.05) is 0 Å². The highest BCUT2D eigenvalue weighted by Crippen LogP contribution is 2.26. The molecule has 1 saturated carbocycles. The summed E-state index contributed by atoms with van der Waals surface area (Å²) in [4.78, 5) is 10.6. The average Bonchev–Trinajstić information content (AvgIpc) is 2.67. The lowest BCUT2D eigenvalue weighted by Gasteiger charge is -2.17. The van der Waals surface area contributed by atoms with Crippen molar-refractivity contribution in [3.63, 3.8) is 0 Å². The van der Waals surface area contributed by atoms with Gasteiger partial charge in [-0.1, -0.05) is 0 Å². The molecule has 5 heteroatoms. The van der Waals surface area contributed by atoms with Crippen molar-refractivity contribution in [2.45, 2.75) is 31.5 Å². The molecule has 0 radical (unpaired) electrons. The first kappa shape index (κ1) is 11.9. The third kappa shape index (κ3) is 2.55. The van der Waals surface area contributed by atoms with Gasteiger partial charge in [-0.25, -0.2) is 9.18 Å². The Labute approximate surface area is 97.6 Å². The van der Waals surface area contributed by atoms with Crippen molar-refractivity contribution in [3.05, 3.63) is 29.6 Å². The Morgan fingerprint density at radius 2 is 2.18 bits per heavy atom. The van der Waals surface area contributed by atoms with E-state index >= 15 is 0 Å². The van der Waals surface area contributed by atoms with E-state index in [1.165, 1.54) is 12.1 Å². The Balaban J connectivity index is 2.14. The van der Waals surface area contributed by atoms with E-state index in [2.05, 4.69) is 0 Å². The molecule has 2 unspecified atom stereocenters. The number of halogens is 1. The van der Waals surface area contributed by atoms with Gasteiger partial charge in [0.15, 0.2) is 11.6 Å². The second kappa shape index (κ2) is 4.71. The third-order valence-corrected chi connectivity index (χ3v) is 2.87. The van der Waals surface area contributed by atoms with Gasteiger partial charge >= 0.3 is 5.97 Å². The minimum Gasteiger partial charge on any atom is -0.485 e. The van der Waals surface area contributed by atoms with E-state index in [4.69, 9.17) is 9.84 Å². The predicted octanol–water partition coefficient (Wildman–Crippen LogP) is 1.82. The molecule has 2 atom stereocenters. The lowest BCUT2D eigenvalue weighted by Crippen LogP contribution is -2.26. The van der Waals surface area contributed by atoms with E-state index in [1.54, 1.807) is 0 Å². The molecule has 2 rings (SSSR count). The number of ether oxygens (including phenoxy) is 1. The van der Waals surface area contributed by atoms with Gasteiger partial charge in [0.05, 0.1) is 11.7 Å². The number of carboxylic acids is 1. The van der Waals surface area contributed by atoms with Crippen LogP contribution in [0.5, 0.6) is 5.75 Å². The molecule has 1 aliphatic rings. The Morgan fingerprint density at radius 1 is 1.41 bits per heavy atom. The molecule has 0 saturated heterocycles. The highest BCUT2D eigenvalue weighted by Gasteiger charge is 2.27. The van der Waals surface area contributed by atoms with Crippen molar-refractivity contribution in [2.75, 3.05) is 0 Å². The van der Waals surface area contributed by atoms with Crippen molar-refractivity contribution < 1.29 is 24.1 Å². The first-order valence-electron chi connectivity index (χ1n) is 5.45. The van der Waals surface area contributed by atoms with Crippen LogP contribution in [0.15, 0.2) is 18.2 Å². The fourth-order valence-corrected chi connectivity index (χ4v) is 1.94. The molecular formula is C12H13FO4. The Hall–Kier alpha value is -1.62. The number of benzene rings is 1. The van der Waals surface area contributed by atoms with E-state index in [-0.39, 0.29) is 11.3 Å². The summed E-state index contributed by atoms with van der Waals surface area (Å²) in [7, 11) is 0. The maximum atomic E-state index is 13.5. The summed E-state index contributed by atoms with van der Waals surface area (Å²) >= 11 is 0. The summed E-state index contributed by atoms with van der Waals surface area (Å²) in [5.41, 5.74) is -0.123. The first-order valence-corrected chi connectivity index (χ1v) is 5.45. The molecule has 0 spiro atoms. The zero-order valence-electron chi connectivity index (χ0n) is 9.10. The van der Waals surface area contributed by atoms with Crippen molar-refractivity contribution >= 4 is 5.97 Å². The van der Waals surface area contributed by atoms with E-state index in [1.807, 2.05) is 0 Å². The molecule has 4 nitrogen and oxygen atoms in total. The first-order chi connectivity index (χ1) is 8.08. The summed E-state index contributed by atoms with van der Waals surface area (Å²) in [6.07, 6.45) is 1.20. The van der Waals surface area contributed by atoms with Crippen molar-refractivity contribution in [1.29, 1.82) is 0 Å². The maximum absolute atomic E-state index is 13.5. The lowest BCUT2D eigenvalue weighted by atomic mass is 10.2. The number of carbonyl (C=O) groups is 1. The standard InChI is InChI=1S/C12H13FO4/c13-8-6-7(12(15)16)4-5-10(8)17-11-3-1-2-9(11)14/h4-6,9,11,14H,1-3H2,(H,15,16). The van der Waals surface area contributed by atoms with Crippen molar-refractivity contribution in [1.82, 2.24) is 0 Å². The van der Waals surface area contributed by atoms with Crippen LogP contribution >= 0.6 is 0 Å². The fourth-order valence-electron chi connectivity index (χ4n) is 1.94.